The van der Waals surface area contributed by atoms with Gasteiger partial charge in [0, 0.05) is 13.1 Å². The van der Waals surface area contributed by atoms with E-state index in [0.29, 0.717) is 19.5 Å². The molecule has 3 N–H and O–H groups in total. The summed E-state index contributed by atoms with van der Waals surface area (Å²) in [6.45, 7) is 8.18. The number of nitrogens with zero attached hydrogens (tertiary/aromatic N) is 1. The Labute approximate surface area is 92.4 Å². The molecule has 4 heteroatoms. The normalized spacial score (nSPS) is 13.7. The summed E-state index contributed by atoms with van der Waals surface area (Å²) in [4.78, 5) is 13.4. The first-order valence-corrected chi connectivity index (χ1v) is 5.58. The van der Waals surface area contributed by atoms with Crippen molar-refractivity contribution in [1.82, 2.24) is 4.90 Å². The van der Waals surface area contributed by atoms with Crippen LogP contribution in [0.4, 0.5) is 0 Å². The van der Waals surface area contributed by atoms with E-state index in [9.17, 15) is 9.90 Å². The van der Waals surface area contributed by atoms with Gasteiger partial charge in [-0.1, -0.05) is 13.3 Å². The fourth-order valence-corrected chi connectivity index (χ4v) is 1.48. The fourth-order valence-electron chi connectivity index (χ4n) is 1.48. The molecule has 0 aliphatic heterocycles. The van der Waals surface area contributed by atoms with E-state index in [1.807, 2.05) is 13.8 Å². The lowest BCUT2D eigenvalue weighted by molar-refractivity contribution is -0.135. The molecule has 1 atom stereocenters. The number of hydrogen-bond acceptors (Lipinski definition) is 3. The smallest absolute Gasteiger partial charge is 0.239 e. The van der Waals surface area contributed by atoms with Crippen molar-refractivity contribution in [2.75, 3.05) is 13.1 Å². The van der Waals surface area contributed by atoms with Crippen molar-refractivity contribution in [2.45, 2.75) is 52.2 Å². The SMILES string of the molecule is CCC[C@H](N)C(=O)N(CC)CC(C)(C)O. The van der Waals surface area contributed by atoms with E-state index in [1.54, 1.807) is 18.7 Å². The topological polar surface area (TPSA) is 66.6 Å². The van der Waals surface area contributed by atoms with Crippen LogP contribution in [0, 0.1) is 0 Å². The Morgan fingerprint density at radius 1 is 1.47 bits per heavy atom. The van der Waals surface area contributed by atoms with Gasteiger partial charge in [0.25, 0.3) is 0 Å². The van der Waals surface area contributed by atoms with E-state index in [2.05, 4.69) is 0 Å². The zero-order valence-corrected chi connectivity index (χ0v) is 10.3. The molecule has 15 heavy (non-hydrogen) atoms. The van der Waals surface area contributed by atoms with E-state index >= 15 is 0 Å². The Kier molecular flexibility index (Phi) is 5.83. The molecule has 1 amide bonds. The van der Waals surface area contributed by atoms with Crippen LogP contribution >= 0.6 is 0 Å². The maximum atomic E-state index is 11.8. The third-order valence-corrected chi connectivity index (χ3v) is 2.19. The molecule has 0 fully saturated rings. The standard InChI is InChI=1S/C11H24N2O2/c1-5-7-9(12)10(14)13(6-2)8-11(3,4)15/h9,15H,5-8,12H2,1-4H3/t9-/m0/s1. The highest BCUT2D eigenvalue weighted by Gasteiger charge is 2.24. The van der Waals surface area contributed by atoms with E-state index in [1.165, 1.54) is 0 Å². The lowest BCUT2D eigenvalue weighted by Crippen LogP contribution is -2.48. The monoisotopic (exact) mass is 216 g/mol. The minimum absolute atomic E-state index is 0.0681. The van der Waals surface area contributed by atoms with E-state index in [0.717, 1.165) is 6.42 Å². The van der Waals surface area contributed by atoms with Crippen molar-refractivity contribution in [2.24, 2.45) is 5.73 Å². The van der Waals surface area contributed by atoms with Gasteiger partial charge in [0.2, 0.25) is 5.91 Å². The van der Waals surface area contributed by atoms with Crippen LogP contribution in [0.5, 0.6) is 0 Å². The Bertz CT molecular complexity index is 199. The molecule has 0 radical (unpaired) electrons. The molecule has 0 heterocycles. The average molecular weight is 216 g/mol. The van der Waals surface area contributed by atoms with Gasteiger partial charge in [0.1, 0.15) is 0 Å². The van der Waals surface area contributed by atoms with Crippen molar-refractivity contribution in [1.29, 1.82) is 0 Å². The predicted molar refractivity (Wildman–Crippen MR) is 61.4 cm³/mol. The van der Waals surface area contributed by atoms with Gasteiger partial charge in [-0.15, -0.1) is 0 Å². The number of amides is 1. The summed E-state index contributed by atoms with van der Waals surface area (Å²) in [6, 6.07) is -0.433. The highest BCUT2D eigenvalue weighted by Crippen LogP contribution is 2.07. The third-order valence-electron chi connectivity index (χ3n) is 2.19. The highest BCUT2D eigenvalue weighted by atomic mass is 16.3. The summed E-state index contributed by atoms with van der Waals surface area (Å²) in [6.07, 6.45) is 1.59. The van der Waals surface area contributed by atoms with Crippen molar-refractivity contribution in [3.05, 3.63) is 0 Å². The molecule has 0 aliphatic carbocycles. The van der Waals surface area contributed by atoms with Gasteiger partial charge in [-0.3, -0.25) is 4.79 Å². The molecule has 0 bridgehead atoms. The molecule has 0 aromatic heterocycles. The van der Waals surface area contributed by atoms with Crippen LogP contribution in [0.1, 0.15) is 40.5 Å². The van der Waals surface area contributed by atoms with Crippen molar-refractivity contribution in [3.8, 4) is 0 Å². The second-order valence-corrected chi connectivity index (χ2v) is 4.56. The molecular formula is C11H24N2O2. The molecule has 0 rings (SSSR count). The van der Waals surface area contributed by atoms with Crippen LogP contribution in [0.3, 0.4) is 0 Å². The summed E-state index contributed by atoms with van der Waals surface area (Å²) in [5.74, 6) is -0.0681. The Morgan fingerprint density at radius 3 is 2.33 bits per heavy atom. The molecular weight excluding hydrogens is 192 g/mol. The summed E-state index contributed by atoms with van der Waals surface area (Å²) < 4.78 is 0. The molecule has 0 aromatic carbocycles. The maximum absolute atomic E-state index is 11.8. The minimum atomic E-state index is -0.863. The van der Waals surface area contributed by atoms with Gasteiger partial charge in [-0.05, 0) is 27.2 Å². The van der Waals surface area contributed by atoms with Crippen molar-refractivity contribution >= 4 is 5.91 Å². The van der Waals surface area contributed by atoms with Gasteiger partial charge < -0.3 is 15.7 Å². The van der Waals surface area contributed by atoms with Crippen LogP contribution in [-0.2, 0) is 4.79 Å². The van der Waals surface area contributed by atoms with Gasteiger partial charge >= 0.3 is 0 Å². The lowest BCUT2D eigenvalue weighted by Gasteiger charge is -2.30. The molecule has 0 saturated carbocycles. The van der Waals surface area contributed by atoms with Crippen LogP contribution < -0.4 is 5.73 Å². The average Bonchev–Trinajstić information content (AvgIpc) is 2.12. The number of rotatable bonds is 6. The van der Waals surface area contributed by atoms with Gasteiger partial charge in [0.15, 0.2) is 0 Å². The Hall–Kier alpha value is -0.610. The summed E-state index contributed by atoms with van der Waals surface area (Å²) in [5.41, 5.74) is 4.89. The van der Waals surface area contributed by atoms with E-state index in [-0.39, 0.29) is 5.91 Å². The first-order chi connectivity index (χ1) is 6.81. The van der Waals surface area contributed by atoms with Crippen LogP contribution in [-0.4, -0.2) is 40.6 Å². The number of hydrogen-bond donors (Lipinski definition) is 2. The highest BCUT2D eigenvalue weighted by molar-refractivity contribution is 5.81. The Morgan fingerprint density at radius 2 is 2.00 bits per heavy atom. The number of carbonyl (C=O) groups is 1. The number of carbonyl (C=O) groups excluding carboxylic acids is 1. The second-order valence-electron chi connectivity index (χ2n) is 4.56. The number of likely N-dealkylation sites (N-methyl/N-ethyl adjacent to an activating group) is 1. The zero-order chi connectivity index (χ0) is 12.1. The van der Waals surface area contributed by atoms with E-state index < -0.39 is 11.6 Å². The predicted octanol–water partition coefficient (Wildman–Crippen LogP) is 0.733. The largest absolute Gasteiger partial charge is 0.389 e. The number of aliphatic hydroxyl groups is 1. The molecule has 0 unspecified atom stereocenters. The van der Waals surface area contributed by atoms with E-state index in [4.69, 9.17) is 5.73 Å². The van der Waals surface area contributed by atoms with Gasteiger partial charge in [0.05, 0.1) is 11.6 Å². The zero-order valence-electron chi connectivity index (χ0n) is 10.3. The van der Waals surface area contributed by atoms with Crippen molar-refractivity contribution in [3.63, 3.8) is 0 Å². The van der Waals surface area contributed by atoms with Gasteiger partial charge in [-0.25, -0.2) is 0 Å². The number of nitrogens with two attached hydrogens (primary N) is 1. The van der Waals surface area contributed by atoms with Crippen molar-refractivity contribution < 1.29 is 9.90 Å². The summed E-state index contributed by atoms with van der Waals surface area (Å²) in [7, 11) is 0. The maximum Gasteiger partial charge on any atom is 0.239 e. The first kappa shape index (κ1) is 14.4. The Balaban J connectivity index is 4.34. The van der Waals surface area contributed by atoms with Crippen LogP contribution in [0.25, 0.3) is 0 Å². The first-order valence-electron chi connectivity index (χ1n) is 5.58. The lowest BCUT2D eigenvalue weighted by atomic mass is 10.1. The summed E-state index contributed by atoms with van der Waals surface area (Å²) in [5, 5.41) is 9.65. The molecule has 0 aromatic rings. The quantitative estimate of drug-likeness (QED) is 0.688. The third kappa shape index (κ3) is 5.74. The van der Waals surface area contributed by atoms with Crippen LogP contribution in [0.2, 0.25) is 0 Å². The molecule has 0 spiro atoms. The fraction of sp³-hybridized carbons (Fsp3) is 0.909. The van der Waals surface area contributed by atoms with Gasteiger partial charge in [-0.2, -0.15) is 0 Å². The minimum Gasteiger partial charge on any atom is -0.389 e. The van der Waals surface area contributed by atoms with Crippen LogP contribution in [0.15, 0.2) is 0 Å². The molecule has 4 nitrogen and oxygen atoms in total. The summed E-state index contributed by atoms with van der Waals surface area (Å²) >= 11 is 0. The molecule has 0 aliphatic rings. The molecule has 90 valence electrons. The second kappa shape index (κ2) is 6.08. The molecule has 0 saturated heterocycles.